The standard InChI is InChI=1S/C8H7FN2S.C2H6/c1-6-2-3-7-5-10-11(12-9)8(7)4-6;1-2/h2-5H,1H3;1-2H3. The number of aromatic nitrogens is 2. The summed E-state index contributed by atoms with van der Waals surface area (Å²) in [6.07, 6.45) is 1.65. The van der Waals surface area contributed by atoms with Crippen molar-refractivity contribution in [2.45, 2.75) is 20.8 Å². The van der Waals surface area contributed by atoms with E-state index in [2.05, 4.69) is 5.10 Å². The van der Waals surface area contributed by atoms with Crippen molar-refractivity contribution in [3.05, 3.63) is 30.0 Å². The molecule has 0 N–H and O–H groups in total. The van der Waals surface area contributed by atoms with Gasteiger partial charge < -0.3 is 0 Å². The molecule has 4 heteroatoms. The van der Waals surface area contributed by atoms with Gasteiger partial charge in [0.1, 0.15) is 0 Å². The van der Waals surface area contributed by atoms with Crippen LogP contribution < -0.4 is 0 Å². The molecule has 1 aromatic carbocycles. The van der Waals surface area contributed by atoms with E-state index in [1.165, 1.54) is 4.09 Å². The summed E-state index contributed by atoms with van der Waals surface area (Å²) < 4.78 is 13.5. The predicted octanol–water partition coefficient (Wildman–Crippen LogP) is 3.75. The van der Waals surface area contributed by atoms with Crippen molar-refractivity contribution < 1.29 is 3.89 Å². The first kappa shape index (κ1) is 11.0. The molecule has 0 saturated heterocycles. The summed E-state index contributed by atoms with van der Waals surface area (Å²) in [5.74, 6) is 0. The molecule has 0 amide bonds. The molecule has 76 valence electrons. The summed E-state index contributed by atoms with van der Waals surface area (Å²) in [5.41, 5.74) is 1.93. The van der Waals surface area contributed by atoms with Crippen LogP contribution in [0.5, 0.6) is 0 Å². The molecule has 2 nitrogen and oxygen atoms in total. The maximum Gasteiger partial charge on any atom is 0.188 e. The van der Waals surface area contributed by atoms with Crippen molar-refractivity contribution in [3.8, 4) is 0 Å². The van der Waals surface area contributed by atoms with Gasteiger partial charge in [-0.2, -0.15) is 9.19 Å². The Balaban J connectivity index is 0.000000461. The largest absolute Gasteiger partial charge is 0.188 e. The quantitative estimate of drug-likeness (QED) is 0.716. The molecule has 0 aliphatic carbocycles. The first-order valence-corrected chi connectivity index (χ1v) is 5.22. The number of nitrogens with zero attached hydrogens (tertiary/aromatic N) is 2. The SMILES string of the molecule is CC.Cc1ccc2cnn(SF)c2c1. The van der Waals surface area contributed by atoms with E-state index in [4.69, 9.17) is 0 Å². The van der Waals surface area contributed by atoms with E-state index in [0.717, 1.165) is 16.5 Å². The zero-order chi connectivity index (χ0) is 10.6. The van der Waals surface area contributed by atoms with Gasteiger partial charge >= 0.3 is 0 Å². The van der Waals surface area contributed by atoms with Gasteiger partial charge in [-0.25, -0.2) is 0 Å². The summed E-state index contributed by atoms with van der Waals surface area (Å²) in [6.45, 7) is 5.97. The van der Waals surface area contributed by atoms with Gasteiger partial charge in [-0.05, 0) is 18.6 Å². The minimum atomic E-state index is 0.119. The topological polar surface area (TPSA) is 17.8 Å². The van der Waals surface area contributed by atoms with Gasteiger partial charge in [0.25, 0.3) is 0 Å². The minimum Gasteiger partial charge on any atom is -0.176 e. The second-order valence-electron chi connectivity index (χ2n) is 2.65. The van der Waals surface area contributed by atoms with Crippen LogP contribution in [-0.2, 0) is 0 Å². The Morgan fingerprint density at radius 2 is 2.07 bits per heavy atom. The van der Waals surface area contributed by atoms with Crippen molar-refractivity contribution in [1.82, 2.24) is 9.19 Å². The normalized spacial score (nSPS) is 9.71. The van der Waals surface area contributed by atoms with Crippen LogP contribution in [0.25, 0.3) is 10.9 Å². The molecule has 1 heterocycles. The van der Waals surface area contributed by atoms with Gasteiger partial charge in [0.05, 0.1) is 11.7 Å². The molecule has 0 atom stereocenters. The van der Waals surface area contributed by atoms with Crippen molar-refractivity contribution >= 4 is 23.2 Å². The highest BCUT2D eigenvalue weighted by molar-refractivity contribution is 7.92. The molecule has 1 aromatic heterocycles. The summed E-state index contributed by atoms with van der Waals surface area (Å²) >= 11 is 0.119. The van der Waals surface area contributed by atoms with Gasteiger partial charge in [-0.3, -0.25) is 0 Å². The van der Waals surface area contributed by atoms with E-state index >= 15 is 0 Å². The molecule has 0 spiro atoms. The second kappa shape index (κ2) is 5.00. The number of fused-ring (bicyclic) bond motifs is 1. The lowest BCUT2D eigenvalue weighted by molar-refractivity contribution is 0.888. The summed E-state index contributed by atoms with van der Waals surface area (Å²) in [7, 11) is 0. The Bertz CT molecular complexity index is 411. The van der Waals surface area contributed by atoms with E-state index in [-0.39, 0.29) is 12.3 Å². The molecule has 2 aromatic rings. The fourth-order valence-electron chi connectivity index (χ4n) is 1.16. The molecular weight excluding hydrogens is 199 g/mol. The van der Waals surface area contributed by atoms with Crippen molar-refractivity contribution in [3.63, 3.8) is 0 Å². The molecule has 0 bridgehead atoms. The third-order valence-electron chi connectivity index (χ3n) is 1.76. The predicted molar refractivity (Wildman–Crippen MR) is 59.9 cm³/mol. The smallest absolute Gasteiger partial charge is 0.176 e. The Morgan fingerprint density at radius 3 is 2.71 bits per heavy atom. The Labute approximate surface area is 87.5 Å². The lowest BCUT2D eigenvalue weighted by atomic mass is 10.2. The summed E-state index contributed by atoms with van der Waals surface area (Å²) in [6, 6.07) is 5.83. The van der Waals surface area contributed by atoms with Crippen LogP contribution in [0.2, 0.25) is 0 Å². The molecule has 0 aliphatic heterocycles. The zero-order valence-electron chi connectivity index (χ0n) is 8.49. The molecule has 0 saturated carbocycles. The van der Waals surface area contributed by atoms with Crippen LogP contribution in [-0.4, -0.2) is 9.19 Å². The fraction of sp³-hybridized carbons (Fsp3) is 0.300. The van der Waals surface area contributed by atoms with E-state index in [1.807, 2.05) is 39.0 Å². The van der Waals surface area contributed by atoms with Gasteiger partial charge in [0.15, 0.2) is 12.3 Å². The maximum absolute atomic E-state index is 12.2. The fourth-order valence-corrected chi connectivity index (χ4v) is 1.48. The highest BCUT2D eigenvalue weighted by Crippen LogP contribution is 2.19. The lowest BCUT2D eigenvalue weighted by Gasteiger charge is -1.94. The van der Waals surface area contributed by atoms with E-state index in [9.17, 15) is 3.89 Å². The van der Waals surface area contributed by atoms with Gasteiger partial charge in [-0.1, -0.05) is 26.0 Å². The first-order chi connectivity index (χ1) is 6.81. The van der Waals surface area contributed by atoms with E-state index in [1.54, 1.807) is 6.20 Å². The highest BCUT2D eigenvalue weighted by Gasteiger charge is 2.01. The molecule has 0 aliphatic rings. The number of benzene rings is 1. The summed E-state index contributed by atoms with van der Waals surface area (Å²) in [4.78, 5) is 0. The van der Waals surface area contributed by atoms with Crippen LogP contribution in [0, 0.1) is 6.92 Å². The third-order valence-corrected chi connectivity index (χ3v) is 2.18. The molecule has 2 rings (SSSR count). The molecule has 0 fully saturated rings. The van der Waals surface area contributed by atoms with Gasteiger partial charge in [0, 0.05) is 5.39 Å². The Morgan fingerprint density at radius 1 is 1.36 bits per heavy atom. The average Bonchev–Trinajstić information content (AvgIpc) is 2.63. The molecule has 0 radical (unpaired) electrons. The van der Waals surface area contributed by atoms with Crippen molar-refractivity contribution in [2.75, 3.05) is 0 Å². The highest BCUT2D eigenvalue weighted by atomic mass is 32.2. The van der Waals surface area contributed by atoms with Crippen LogP contribution in [0.3, 0.4) is 0 Å². The molecule has 14 heavy (non-hydrogen) atoms. The minimum absolute atomic E-state index is 0.119. The second-order valence-corrected chi connectivity index (χ2v) is 3.13. The lowest BCUT2D eigenvalue weighted by Crippen LogP contribution is -1.84. The first-order valence-electron chi connectivity index (χ1n) is 4.55. The van der Waals surface area contributed by atoms with Crippen molar-refractivity contribution in [2.24, 2.45) is 0 Å². The number of aryl methyl sites for hydroxylation is 1. The van der Waals surface area contributed by atoms with E-state index < -0.39 is 0 Å². The summed E-state index contributed by atoms with van der Waals surface area (Å²) in [5, 5.41) is 4.82. The van der Waals surface area contributed by atoms with Crippen LogP contribution >= 0.6 is 12.3 Å². The maximum atomic E-state index is 12.2. The van der Waals surface area contributed by atoms with Gasteiger partial charge in [-0.15, -0.1) is 3.89 Å². The van der Waals surface area contributed by atoms with Crippen LogP contribution in [0.15, 0.2) is 24.4 Å². The van der Waals surface area contributed by atoms with Crippen molar-refractivity contribution in [1.29, 1.82) is 0 Å². The van der Waals surface area contributed by atoms with Gasteiger partial charge in [0.2, 0.25) is 0 Å². The number of hydrogen-bond acceptors (Lipinski definition) is 2. The van der Waals surface area contributed by atoms with Crippen LogP contribution in [0.1, 0.15) is 19.4 Å². The monoisotopic (exact) mass is 212 g/mol. The Hall–Kier alpha value is -1.03. The number of hydrogen-bond donors (Lipinski definition) is 0. The molecular formula is C10H13FN2S. The van der Waals surface area contributed by atoms with E-state index in [0.29, 0.717) is 0 Å². The average molecular weight is 212 g/mol. The number of rotatable bonds is 1. The van der Waals surface area contributed by atoms with Crippen LogP contribution in [0.4, 0.5) is 3.89 Å². The molecule has 0 unspecified atom stereocenters. The zero-order valence-corrected chi connectivity index (χ0v) is 9.31. The third kappa shape index (κ3) is 2.07. The number of halogens is 1. The Kier molecular flexibility index (Phi) is 3.95.